The Balaban J connectivity index is 2.20. The molecule has 2 aromatic carbocycles. The van der Waals surface area contributed by atoms with Crippen LogP contribution in [-0.4, -0.2) is 72.6 Å². The van der Waals surface area contributed by atoms with Crippen LogP contribution in [0.25, 0.3) is 0 Å². The first-order valence-electron chi connectivity index (χ1n) is 11.6. The Bertz CT molecular complexity index is 1310. The van der Waals surface area contributed by atoms with E-state index in [9.17, 15) is 21.6 Å². The molecule has 0 spiro atoms. The summed E-state index contributed by atoms with van der Waals surface area (Å²) in [6.45, 7) is 7.12. The maximum absolute atomic E-state index is 13.9. The summed E-state index contributed by atoms with van der Waals surface area (Å²) in [6, 6.07) is 12.9. The van der Waals surface area contributed by atoms with E-state index in [4.69, 9.17) is 14.2 Å². The largest absolute Gasteiger partial charge is 0.468 e. The molecule has 1 saturated heterocycles. The number of sulfonamides is 1. The summed E-state index contributed by atoms with van der Waals surface area (Å²) in [6.07, 6.45) is 0. The van der Waals surface area contributed by atoms with Gasteiger partial charge in [0.2, 0.25) is 10.0 Å². The highest BCUT2D eigenvalue weighted by atomic mass is 32.2. The zero-order valence-corrected chi connectivity index (χ0v) is 23.0. The number of hydrogen-bond donors (Lipinski definition) is 0. The van der Waals surface area contributed by atoms with E-state index in [0.29, 0.717) is 5.57 Å². The van der Waals surface area contributed by atoms with Gasteiger partial charge < -0.3 is 14.2 Å². The number of nitrogens with zero attached hydrogens (tertiary/aromatic N) is 1. The molecule has 2 aromatic rings. The second-order valence-electron chi connectivity index (χ2n) is 9.06. The van der Waals surface area contributed by atoms with Gasteiger partial charge in [0, 0.05) is 19.6 Å². The molecule has 1 aliphatic rings. The molecule has 0 amide bonds. The minimum absolute atomic E-state index is 0.0523. The van der Waals surface area contributed by atoms with Crippen LogP contribution in [0.3, 0.4) is 0 Å². The predicted octanol–water partition coefficient (Wildman–Crippen LogP) is 2.81. The number of carbonyl (C=O) groups is 1. The maximum Gasteiger partial charge on any atom is 0.324 e. The summed E-state index contributed by atoms with van der Waals surface area (Å²) in [7, 11) is -5.86. The van der Waals surface area contributed by atoms with Crippen molar-refractivity contribution >= 4 is 25.8 Å². The van der Waals surface area contributed by atoms with Gasteiger partial charge in [-0.25, -0.2) is 16.8 Å². The van der Waals surface area contributed by atoms with E-state index in [2.05, 4.69) is 6.58 Å². The van der Waals surface area contributed by atoms with E-state index >= 15 is 0 Å². The van der Waals surface area contributed by atoms with Crippen LogP contribution in [0.4, 0.5) is 0 Å². The zero-order valence-electron chi connectivity index (χ0n) is 21.4. The lowest BCUT2D eigenvalue weighted by Crippen LogP contribution is -2.49. The minimum Gasteiger partial charge on any atom is -0.468 e. The van der Waals surface area contributed by atoms with Gasteiger partial charge in [0.25, 0.3) is 0 Å². The first-order valence-corrected chi connectivity index (χ1v) is 14.6. The molecule has 1 fully saturated rings. The highest BCUT2D eigenvalue weighted by Gasteiger charge is 2.56. The summed E-state index contributed by atoms with van der Waals surface area (Å²) in [5.74, 6) is -2.68. The summed E-state index contributed by atoms with van der Waals surface area (Å²) in [5.41, 5.74) is 1.43. The van der Waals surface area contributed by atoms with Crippen molar-refractivity contribution in [2.24, 2.45) is 11.8 Å². The summed E-state index contributed by atoms with van der Waals surface area (Å²) >= 11 is 0. The standard InChI is InChI=1S/C26H33NO8S2/c1-18(2)22-15-27(37(31,32)21-13-11-19(3)12-14-21)23(16-35-17-33-4)24(22)25(26(28)34-5)36(29,30)20-9-7-6-8-10-20/h6-14,22-25H,1,15-17H2,2-5H3/t22-,23-,24+,25?/m1/s1. The van der Waals surface area contributed by atoms with Crippen molar-refractivity contribution in [3.63, 3.8) is 0 Å². The number of rotatable bonds is 11. The molecule has 37 heavy (non-hydrogen) atoms. The average Bonchev–Trinajstić information content (AvgIpc) is 3.25. The third-order valence-electron chi connectivity index (χ3n) is 6.59. The summed E-state index contributed by atoms with van der Waals surface area (Å²) < 4.78 is 72.1. The molecule has 1 aliphatic heterocycles. The van der Waals surface area contributed by atoms with Crippen molar-refractivity contribution in [2.45, 2.75) is 34.9 Å². The maximum atomic E-state index is 13.9. The van der Waals surface area contributed by atoms with Gasteiger partial charge in [0.05, 0.1) is 29.5 Å². The molecule has 0 saturated carbocycles. The van der Waals surface area contributed by atoms with Crippen LogP contribution in [-0.2, 0) is 38.9 Å². The Morgan fingerprint density at radius 1 is 1.03 bits per heavy atom. The van der Waals surface area contributed by atoms with Crippen molar-refractivity contribution in [1.29, 1.82) is 0 Å². The van der Waals surface area contributed by atoms with Gasteiger partial charge in [0.15, 0.2) is 15.1 Å². The fourth-order valence-corrected chi connectivity index (χ4v) is 8.37. The van der Waals surface area contributed by atoms with Crippen molar-refractivity contribution < 1.29 is 35.8 Å². The third kappa shape index (κ3) is 5.96. The molecule has 11 heteroatoms. The molecule has 0 aromatic heterocycles. The van der Waals surface area contributed by atoms with Crippen molar-refractivity contribution in [2.75, 3.05) is 34.2 Å². The van der Waals surface area contributed by atoms with Crippen LogP contribution in [0.5, 0.6) is 0 Å². The molecule has 4 atom stereocenters. The number of aryl methyl sites for hydroxylation is 1. The van der Waals surface area contributed by atoms with Crippen molar-refractivity contribution in [3.8, 4) is 0 Å². The van der Waals surface area contributed by atoms with Gasteiger partial charge in [-0.05, 0) is 44.0 Å². The van der Waals surface area contributed by atoms with E-state index < -0.39 is 49.0 Å². The van der Waals surface area contributed by atoms with Crippen LogP contribution >= 0.6 is 0 Å². The van der Waals surface area contributed by atoms with Crippen LogP contribution < -0.4 is 0 Å². The number of carbonyl (C=O) groups excluding carboxylic acids is 1. The molecule has 1 heterocycles. The number of methoxy groups -OCH3 is 2. The third-order valence-corrected chi connectivity index (χ3v) is 10.6. The zero-order chi connectivity index (χ0) is 27.4. The highest BCUT2D eigenvalue weighted by molar-refractivity contribution is 7.92. The van der Waals surface area contributed by atoms with Gasteiger partial charge in [-0.2, -0.15) is 4.31 Å². The van der Waals surface area contributed by atoms with E-state index in [-0.39, 0.29) is 29.7 Å². The Kier molecular flexibility index (Phi) is 9.30. The molecule has 0 N–H and O–H groups in total. The Hall–Kier alpha value is -2.57. The van der Waals surface area contributed by atoms with E-state index in [1.165, 1.54) is 35.7 Å². The minimum atomic E-state index is -4.29. The molecule has 0 radical (unpaired) electrons. The lowest BCUT2D eigenvalue weighted by molar-refractivity contribution is -0.141. The predicted molar refractivity (Wildman–Crippen MR) is 138 cm³/mol. The van der Waals surface area contributed by atoms with E-state index in [1.807, 2.05) is 6.92 Å². The number of esters is 1. The fourth-order valence-electron chi connectivity index (χ4n) is 4.74. The Morgan fingerprint density at radius 3 is 2.19 bits per heavy atom. The number of hydrogen-bond acceptors (Lipinski definition) is 8. The van der Waals surface area contributed by atoms with E-state index in [1.54, 1.807) is 37.3 Å². The highest BCUT2D eigenvalue weighted by Crippen LogP contribution is 2.43. The van der Waals surface area contributed by atoms with Gasteiger partial charge in [-0.3, -0.25) is 4.79 Å². The van der Waals surface area contributed by atoms with Crippen LogP contribution in [0.2, 0.25) is 0 Å². The molecule has 0 bridgehead atoms. The van der Waals surface area contributed by atoms with Gasteiger partial charge in [-0.15, -0.1) is 0 Å². The number of benzene rings is 2. The Morgan fingerprint density at radius 2 is 1.65 bits per heavy atom. The summed E-state index contributed by atoms with van der Waals surface area (Å²) in [4.78, 5) is 13.1. The molecular formula is C26H33NO8S2. The molecular weight excluding hydrogens is 518 g/mol. The van der Waals surface area contributed by atoms with Crippen molar-refractivity contribution in [3.05, 3.63) is 72.3 Å². The smallest absolute Gasteiger partial charge is 0.324 e. The van der Waals surface area contributed by atoms with Crippen molar-refractivity contribution in [1.82, 2.24) is 4.31 Å². The average molecular weight is 552 g/mol. The fraction of sp³-hybridized carbons (Fsp3) is 0.423. The molecule has 9 nitrogen and oxygen atoms in total. The topological polar surface area (TPSA) is 116 Å². The SMILES string of the molecule is C=C(C)[C@H]1CN(S(=O)(=O)c2ccc(C)cc2)[C@H](COCOC)[C@H]1C(C(=O)OC)S(=O)(=O)c1ccccc1. The second kappa shape index (κ2) is 11.9. The van der Waals surface area contributed by atoms with Crippen LogP contribution in [0.1, 0.15) is 12.5 Å². The van der Waals surface area contributed by atoms with Gasteiger partial charge in [-0.1, -0.05) is 48.0 Å². The monoisotopic (exact) mass is 551 g/mol. The molecule has 1 unspecified atom stereocenters. The molecule has 0 aliphatic carbocycles. The van der Waals surface area contributed by atoms with Crippen LogP contribution in [0, 0.1) is 18.8 Å². The molecule has 202 valence electrons. The van der Waals surface area contributed by atoms with Gasteiger partial charge >= 0.3 is 5.97 Å². The molecule has 3 rings (SSSR count). The summed E-state index contributed by atoms with van der Waals surface area (Å²) in [5, 5.41) is -1.70. The first-order chi connectivity index (χ1) is 17.5. The lowest BCUT2D eigenvalue weighted by Gasteiger charge is -2.32. The lowest BCUT2D eigenvalue weighted by atomic mass is 9.83. The quantitative estimate of drug-likeness (QED) is 0.181. The van der Waals surface area contributed by atoms with E-state index in [0.717, 1.165) is 12.7 Å². The normalized spacial score (nSPS) is 21.5. The number of ether oxygens (including phenoxy) is 3. The van der Waals surface area contributed by atoms with Crippen LogP contribution in [0.15, 0.2) is 76.5 Å². The Labute approximate surface area is 219 Å². The number of sulfone groups is 1. The van der Waals surface area contributed by atoms with Gasteiger partial charge in [0.1, 0.15) is 6.79 Å². The second-order valence-corrected chi connectivity index (χ2v) is 13.0. The first kappa shape index (κ1) is 29.0.